The van der Waals surface area contributed by atoms with Crippen LogP contribution in [0.4, 0.5) is 0 Å². The van der Waals surface area contributed by atoms with E-state index in [1.54, 1.807) is 0 Å². The van der Waals surface area contributed by atoms with Gasteiger partial charge in [-0.2, -0.15) is 0 Å². The summed E-state index contributed by atoms with van der Waals surface area (Å²) in [6, 6.07) is 0.733. The summed E-state index contributed by atoms with van der Waals surface area (Å²) in [7, 11) is 0. The van der Waals surface area contributed by atoms with Crippen molar-refractivity contribution in [1.82, 2.24) is 5.32 Å². The number of aliphatic carboxylic acids is 1. The third kappa shape index (κ3) is 2.71. The molecular weight excluding hydrogens is 178 g/mol. The first-order valence-corrected chi connectivity index (χ1v) is 5.67. The maximum Gasteiger partial charge on any atom is 0.308 e. The predicted octanol–water partition coefficient (Wildman–Crippen LogP) is 2.02. The zero-order valence-electron chi connectivity index (χ0n) is 9.12. The third-order valence-electron chi connectivity index (χ3n) is 3.17. The molecule has 0 aromatic rings. The Balaban J connectivity index is 2.32. The molecule has 0 amide bonds. The molecule has 0 radical (unpaired) electrons. The summed E-state index contributed by atoms with van der Waals surface area (Å²) in [4.78, 5) is 10.8. The zero-order chi connectivity index (χ0) is 10.6. The Hall–Kier alpha value is -0.570. The van der Waals surface area contributed by atoms with E-state index in [1.165, 1.54) is 0 Å². The number of carboxylic acids is 1. The van der Waals surface area contributed by atoms with E-state index < -0.39 is 5.97 Å². The highest BCUT2D eigenvalue weighted by Crippen LogP contribution is 2.28. The fourth-order valence-corrected chi connectivity index (χ4v) is 2.05. The van der Waals surface area contributed by atoms with Crippen molar-refractivity contribution in [3.8, 4) is 0 Å². The molecular formula is C11H21NO2. The molecule has 3 nitrogen and oxygen atoms in total. The Morgan fingerprint density at radius 1 is 1.50 bits per heavy atom. The quantitative estimate of drug-likeness (QED) is 0.688. The fourth-order valence-electron chi connectivity index (χ4n) is 2.05. The van der Waals surface area contributed by atoms with Crippen molar-refractivity contribution in [2.24, 2.45) is 5.92 Å². The lowest BCUT2D eigenvalue weighted by Crippen LogP contribution is -2.51. The lowest BCUT2D eigenvalue weighted by molar-refractivity contribution is -0.146. The van der Waals surface area contributed by atoms with E-state index >= 15 is 0 Å². The summed E-state index contributed by atoms with van der Waals surface area (Å²) < 4.78 is 0. The van der Waals surface area contributed by atoms with E-state index in [4.69, 9.17) is 5.11 Å². The van der Waals surface area contributed by atoms with Gasteiger partial charge in [0.25, 0.3) is 0 Å². The second-order valence-corrected chi connectivity index (χ2v) is 4.19. The summed E-state index contributed by atoms with van der Waals surface area (Å²) in [6.45, 7) is 4.32. The molecule has 3 heteroatoms. The van der Waals surface area contributed by atoms with Crippen LogP contribution in [0.15, 0.2) is 0 Å². The molecule has 0 aromatic carbocycles. The van der Waals surface area contributed by atoms with Crippen LogP contribution in [-0.4, -0.2) is 23.2 Å². The van der Waals surface area contributed by atoms with Crippen molar-refractivity contribution in [2.75, 3.05) is 0 Å². The largest absolute Gasteiger partial charge is 0.481 e. The first kappa shape index (κ1) is 11.5. The molecule has 2 N–H and O–H groups in total. The van der Waals surface area contributed by atoms with Crippen molar-refractivity contribution in [3.05, 3.63) is 0 Å². The van der Waals surface area contributed by atoms with Crippen LogP contribution in [0.3, 0.4) is 0 Å². The average molecular weight is 199 g/mol. The lowest BCUT2D eigenvalue weighted by Gasteiger charge is -2.37. The zero-order valence-corrected chi connectivity index (χ0v) is 9.12. The van der Waals surface area contributed by atoms with Gasteiger partial charge in [0.2, 0.25) is 0 Å². The number of hydrogen-bond donors (Lipinski definition) is 2. The van der Waals surface area contributed by atoms with Crippen molar-refractivity contribution in [3.63, 3.8) is 0 Å². The van der Waals surface area contributed by atoms with Crippen molar-refractivity contribution >= 4 is 5.97 Å². The molecule has 1 aliphatic carbocycles. The first-order valence-electron chi connectivity index (χ1n) is 5.67. The van der Waals surface area contributed by atoms with Gasteiger partial charge in [0.15, 0.2) is 0 Å². The van der Waals surface area contributed by atoms with E-state index in [0.29, 0.717) is 6.04 Å². The lowest BCUT2D eigenvalue weighted by atomic mass is 9.79. The minimum absolute atomic E-state index is 0.138. The minimum Gasteiger partial charge on any atom is -0.481 e. The van der Waals surface area contributed by atoms with Gasteiger partial charge in [-0.3, -0.25) is 4.79 Å². The van der Waals surface area contributed by atoms with Crippen LogP contribution < -0.4 is 5.32 Å². The number of nitrogens with one attached hydrogen (secondary N) is 1. The van der Waals surface area contributed by atoms with E-state index in [9.17, 15) is 4.79 Å². The second-order valence-electron chi connectivity index (χ2n) is 4.19. The van der Waals surface area contributed by atoms with Crippen LogP contribution in [0.25, 0.3) is 0 Å². The van der Waals surface area contributed by atoms with Gasteiger partial charge in [-0.1, -0.05) is 20.3 Å². The monoisotopic (exact) mass is 199 g/mol. The van der Waals surface area contributed by atoms with Crippen LogP contribution in [0.5, 0.6) is 0 Å². The molecule has 0 heterocycles. The molecule has 1 aliphatic rings. The summed E-state index contributed by atoms with van der Waals surface area (Å²) >= 11 is 0. The van der Waals surface area contributed by atoms with Crippen molar-refractivity contribution in [2.45, 2.75) is 58.0 Å². The smallest absolute Gasteiger partial charge is 0.308 e. The normalized spacial score (nSPS) is 28.1. The number of rotatable bonds is 6. The molecule has 0 bridgehead atoms. The fraction of sp³-hybridized carbons (Fsp3) is 0.909. The Morgan fingerprint density at radius 2 is 2.21 bits per heavy atom. The molecule has 3 unspecified atom stereocenters. The van der Waals surface area contributed by atoms with Gasteiger partial charge in [0.1, 0.15) is 0 Å². The van der Waals surface area contributed by atoms with E-state index in [-0.39, 0.29) is 12.0 Å². The average Bonchev–Trinajstić information content (AvgIpc) is 2.09. The van der Waals surface area contributed by atoms with Gasteiger partial charge in [-0.25, -0.2) is 0 Å². The van der Waals surface area contributed by atoms with Crippen LogP contribution in [-0.2, 0) is 4.79 Å². The Morgan fingerprint density at radius 3 is 2.57 bits per heavy atom. The van der Waals surface area contributed by atoms with Crippen LogP contribution >= 0.6 is 0 Å². The Labute approximate surface area is 85.9 Å². The molecule has 14 heavy (non-hydrogen) atoms. The highest BCUT2D eigenvalue weighted by atomic mass is 16.4. The molecule has 0 aliphatic heterocycles. The summed E-state index contributed by atoms with van der Waals surface area (Å²) in [6.07, 6.45) is 5.28. The van der Waals surface area contributed by atoms with Crippen molar-refractivity contribution < 1.29 is 9.90 Å². The number of carboxylic acid groups (broad SMARTS) is 1. The molecule has 1 rings (SSSR count). The molecule has 82 valence electrons. The molecule has 1 fully saturated rings. The first-order chi connectivity index (χ1) is 6.69. The predicted molar refractivity (Wildman–Crippen MR) is 56.3 cm³/mol. The number of carbonyl (C=O) groups is 1. The third-order valence-corrected chi connectivity index (χ3v) is 3.17. The molecule has 1 saturated carbocycles. The second kappa shape index (κ2) is 5.35. The van der Waals surface area contributed by atoms with Gasteiger partial charge < -0.3 is 10.4 Å². The van der Waals surface area contributed by atoms with Crippen LogP contribution in [0.1, 0.15) is 46.0 Å². The van der Waals surface area contributed by atoms with Gasteiger partial charge >= 0.3 is 5.97 Å². The Bertz CT molecular complexity index is 194. The highest BCUT2D eigenvalue weighted by Gasteiger charge is 2.36. The Kier molecular flexibility index (Phi) is 4.39. The van der Waals surface area contributed by atoms with E-state index in [0.717, 1.165) is 32.1 Å². The SMILES string of the molecule is CCCC(CC)NC1CCC1C(=O)O. The number of hydrogen-bond acceptors (Lipinski definition) is 2. The molecule has 0 aromatic heterocycles. The van der Waals surface area contributed by atoms with Crippen LogP contribution in [0.2, 0.25) is 0 Å². The molecule has 0 saturated heterocycles. The van der Waals surface area contributed by atoms with E-state index in [1.807, 2.05) is 0 Å². The van der Waals surface area contributed by atoms with Crippen molar-refractivity contribution in [1.29, 1.82) is 0 Å². The molecule has 0 spiro atoms. The van der Waals surface area contributed by atoms with Crippen LogP contribution in [0, 0.1) is 5.92 Å². The minimum atomic E-state index is -0.639. The maximum absolute atomic E-state index is 10.8. The summed E-state index contributed by atoms with van der Waals surface area (Å²) in [5, 5.41) is 12.3. The maximum atomic E-state index is 10.8. The van der Waals surface area contributed by atoms with Gasteiger partial charge in [-0.15, -0.1) is 0 Å². The summed E-state index contributed by atoms with van der Waals surface area (Å²) in [5.74, 6) is -0.777. The standard InChI is InChI=1S/C11H21NO2/c1-3-5-8(4-2)12-10-7-6-9(10)11(13)14/h8-10,12H,3-7H2,1-2H3,(H,13,14). The highest BCUT2D eigenvalue weighted by molar-refractivity contribution is 5.72. The topological polar surface area (TPSA) is 49.3 Å². The van der Waals surface area contributed by atoms with Gasteiger partial charge in [0, 0.05) is 12.1 Å². The summed E-state index contributed by atoms with van der Waals surface area (Å²) in [5.41, 5.74) is 0. The van der Waals surface area contributed by atoms with Gasteiger partial charge in [-0.05, 0) is 25.7 Å². The van der Waals surface area contributed by atoms with Gasteiger partial charge in [0.05, 0.1) is 5.92 Å². The molecule has 3 atom stereocenters. The van der Waals surface area contributed by atoms with E-state index in [2.05, 4.69) is 19.2 Å².